The van der Waals surface area contributed by atoms with Gasteiger partial charge in [0.1, 0.15) is 19.8 Å². The molecule has 0 saturated heterocycles. The molecule has 0 rings (SSSR count). The van der Waals surface area contributed by atoms with Crippen LogP contribution in [0.5, 0.6) is 0 Å². The average molecular weight is 834 g/mol. The largest absolute Gasteiger partial charge is 0.756 e. The molecule has 0 aliphatic carbocycles. The zero-order valence-corrected chi connectivity index (χ0v) is 38.4. The zero-order valence-electron chi connectivity index (χ0n) is 37.5. The molecule has 0 bridgehead atoms. The first-order valence-corrected chi connectivity index (χ1v) is 24.1. The van der Waals surface area contributed by atoms with E-state index in [9.17, 15) is 19.0 Å². The second-order valence-corrected chi connectivity index (χ2v) is 17.4. The van der Waals surface area contributed by atoms with Crippen LogP contribution >= 0.6 is 7.82 Å². The molecule has 0 aliphatic heterocycles. The number of esters is 2. The Morgan fingerprint density at radius 2 is 0.983 bits per heavy atom. The molecular formula is C48H84NO8P. The fourth-order valence-electron chi connectivity index (χ4n) is 5.67. The Labute approximate surface area is 355 Å². The van der Waals surface area contributed by atoms with Gasteiger partial charge in [-0.1, -0.05) is 145 Å². The van der Waals surface area contributed by atoms with Crippen LogP contribution in [0.1, 0.15) is 168 Å². The number of allylic oxidation sites excluding steroid dienone is 12. The molecule has 334 valence electrons. The van der Waals surface area contributed by atoms with Crippen molar-refractivity contribution in [2.45, 2.75) is 174 Å². The van der Waals surface area contributed by atoms with E-state index in [4.69, 9.17) is 18.5 Å². The minimum absolute atomic E-state index is 0.0414. The van der Waals surface area contributed by atoms with Crippen molar-refractivity contribution in [3.05, 3.63) is 72.9 Å². The van der Waals surface area contributed by atoms with E-state index in [0.29, 0.717) is 23.9 Å². The maximum Gasteiger partial charge on any atom is 0.306 e. The van der Waals surface area contributed by atoms with Crippen molar-refractivity contribution in [3.63, 3.8) is 0 Å². The Morgan fingerprint density at radius 1 is 0.552 bits per heavy atom. The number of carbonyl (C=O) groups is 2. The van der Waals surface area contributed by atoms with Gasteiger partial charge in [0.05, 0.1) is 27.7 Å². The number of quaternary nitrogens is 1. The number of likely N-dealkylation sites (N-methyl/N-ethyl adjacent to an activating group) is 1. The minimum atomic E-state index is -4.64. The highest BCUT2D eigenvalue weighted by Gasteiger charge is 2.21. The summed E-state index contributed by atoms with van der Waals surface area (Å²) in [7, 11) is 1.13. The molecule has 0 radical (unpaired) electrons. The molecule has 0 fully saturated rings. The van der Waals surface area contributed by atoms with Crippen molar-refractivity contribution in [2.24, 2.45) is 0 Å². The maximum absolute atomic E-state index is 12.7. The average Bonchev–Trinajstić information content (AvgIpc) is 3.17. The lowest BCUT2D eigenvalue weighted by Gasteiger charge is -2.28. The van der Waals surface area contributed by atoms with Crippen molar-refractivity contribution < 1.29 is 42.1 Å². The summed E-state index contributed by atoms with van der Waals surface area (Å²) in [5.41, 5.74) is 0. The topological polar surface area (TPSA) is 111 Å². The Kier molecular flexibility index (Phi) is 38.1. The molecule has 0 aromatic heterocycles. The van der Waals surface area contributed by atoms with Crippen molar-refractivity contribution in [2.75, 3.05) is 47.5 Å². The summed E-state index contributed by atoms with van der Waals surface area (Å²) in [5, 5.41) is 0. The van der Waals surface area contributed by atoms with Gasteiger partial charge < -0.3 is 27.9 Å². The van der Waals surface area contributed by atoms with Gasteiger partial charge in [-0.15, -0.1) is 0 Å². The highest BCUT2D eigenvalue weighted by atomic mass is 31.2. The Hall–Kier alpha value is -2.55. The molecule has 0 saturated carbocycles. The number of carbonyl (C=O) groups excluding carboxylic acids is 2. The predicted octanol–water partition coefficient (Wildman–Crippen LogP) is 12.4. The van der Waals surface area contributed by atoms with Gasteiger partial charge in [0, 0.05) is 12.8 Å². The highest BCUT2D eigenvalue weighted by molar-refractivity contribution is 7.45. The van der Waals surface area contributed by atoms with Crippen molar-refractivity contribution in [1.82, 2.24) is 0 Å². The number of rotatable bonds is 40. The Morgan fingerprint density at radius 3 is 1.50 bits per heavy atom. The standard InChI is InChI=1S/C48H84NO8P/c1-6-8-10-12-14-16-18-20-22-23-24-25-27-28-30-32-34-36-38-40-47(50)54-44-46(45-56-58(52,53)55-43-42-49(3,4)5)57-48(51)41-39-37-35-33-31-29-26-21-19-17-15-13-11-9-7-2/h8,10,14,16,20-22,24-26,28,30,46H,6-7,9,11-13,15,17-19,23,27,29,31-45H2,1-5H3/b10-8-,16-14-,22-20-,25-24-,26-21-,30-28-/t46-/m1/s1. The lowest BCUT2D eigenvalue weighted by atomic mass is 10.1. The fraction of sp³-hybridized carbons (Fsp3) is 0.708. The lowest BCUT2D eigenvalue weighted by molar-refractivity contribution is -0.870. The van der Waals surface area contributed by atoms with Crippen LogP contribution in [-0.4, -0.2) is 70.0 Å². The van der Waals surface area contributed by atoms with E-state index in [1.165, 1.54) is 44.9 Å². The van der Waals surface area contributed by atoms with Crippen LogP contribution < -0.4 is 4.89 Å². The number of hydrogen-bond donors (Lipinski definition) is 0. The Bertz CT molecular complexity index is 1220. The second-order valence-electron chi connectivity index (χ2n) is 16.0. The van der Waals surface area contributed by atoms with Crippen molar-refractivity contribution >= 4 is 19.8 Å². The minimum Gasteiger partial charge on any atom is -0.756 e. The molecular weight excluding hydrogens is 750 g/mol. The molecule has 2 atom stereocenters. The van der Waals surface area contributed by atoms with Gasteiger partial charge in [0.2, 0.25) is 0 Å². The maximum atomic E-state index is 12.7. The molecule has 58 heavy (non-hydrogen) atoms. The molecule has 0 aromatic carbocycles. The summed E-state index contributed by atoms with van der Waals surface area (Å²) in [4.78, 5) is 37.6. The van der Waals surface area contributed by atoms with Crippen LogP contribution in [0.3, 0.4) is 0 Å². The molecule has 0 N–H and O–H groups in total. The third kappa shape index (κ3) is 43.0. The third-order valence-electron chi connectivity index (χ3n) is 9.21. The van der Waals surface area contributed by atoms with Gasteiger partial charge in [0.15, 0.2) is 6.10 Å². The number of unbranched alkanes of at least 4 members (excludes halogenated alkanes) is 14. The number of ether oxygens (including phenoxy) is 2. The van der Waals surface area contributed by atoms with Crippen LogP contribution in [-0.2, 0) is 32.7 Å². The summed E-state index contributed by atoms with van der Waals surface area (Å²) in [5.74, 6) is -0.887. The summed E-state index contributed by atoms with van der Waals surface area (Å²) < 4.78 is 33.9. The van der Waals surface area contributed by atoms with E-state index >= 15 is 0 Å². The van der Waals surface area contributed by atoms with Crippen molar-refractivity contribution in [1.29, 1.82) is 0 Å². The van der Waals surface area contributed by atoms with Crippen molar-refractivity contribution in [3.8, 4) is 0 Å². The molecule has 1 unspecified atom stereocenters. The SMILES string of the molecule is CC/C=C\C/C=C\C/C=C\C/C=C\C/C=C\CCCCCC(=O)OC[C@H](COP(=O)([O-])OCC[N+](C)(C)C)OC(=O)CCCCCCC/C=C\CCCCCCCC. The van der Waals surface area contributed by atoms with E-state index in [0.717, 1.165) is 83.5 Å². The van der Waals surface area contributed by atoms with Crippen LogP contribution in [0.25, 0.3) is 0 Å². The predicted molar refractivity (Wildman–Crippen MR) is 240 cm³/mol. The molecule has 0 heterocycles. The normalized spacial score (nSPS) is 14.2. The summed E-state index contributed by atoms with van der Waals surface area (Å²) in [6, 6.07) is 0. The Balaban J connectivity index is 4.43. The van der Waals surface area contributed by atoms with Crippen LogP contribution in [0.2, 0.25) is 0 Å². The van der Waals surface area contributed by atoms with E-state index in [1.54, 1.807) is 0 Å². The fourth-order valence-corrected chi connectivity index (χ4v) is 6.40. The van der Waals surface area contributed by atoms with Gasteiger partial charge in [-0.2, -0.15) is 0 Å². The first-order valence-electron chi connectivity index (χ1n) is 22.6. The summed E-state index contributed by atoms with van der Waals surface area (Å²) in [6.07, 6.45) is 49.3. The van der Waals surface area contributed by atoms with Crippen LogP contribution in [0.4, 0.5) is 0 Å². The van der Waals surface area contributed by atoms with Gasteiger partial charge >= 0.3 is 11.9 Å². The van der Waals surface area contributed by atoms with E-state index in [1.807, 2.05) is 21.1 Å². The monoisotopic (exact) mass is 834 g/mol. The number of phosphoric ester groups is 1. The van der Waals surface area contributed by atoms with E-state index in [-0.39, 0.29) is 26.1 Å². The van der Waals surface area contributed by atoms with Gasteiger partial charge in [-0.3, -0.25) is 14.2 Å². The summed E-state index contributed by atoms with van der Waals surface area (Å²) in [6.45, 7) is 4.04. The number of phosphoric acid groups is 1. The molecule has 0 amide bonds. The van der Waals surface area contributed by atoms with Crippen LogP contribution in [0, 0.1) is 0 Å². The first kappa shape index (κ1) is 55.5. The van der Waals surface area contributed by atoms with Gasteiger partial charge in [0.25, 0.3) is 7.82 Å². The number of nitrogens with zero attached hydrogens (tertiary/aromatic N) is 1. The number of hydrogen-bond acceptors (Lipinski definition) is 8. The second kappa shape index (κ2) is 39.9. The van der Waals surface area contributed by atoms with Gasteiger partial charge in [-0.05, 0) is 83.5 Å². The molecule has 0 aromatic rings. The van der Waals surface area contributed by atoms with E-state index < -0.39 is 32.5 Å². The van der Waals surface area contributed by atoms with E-state index in [2.05, 4.69) is 86.8 Å². The molecule has 10 heteroatoms. The molecule has 0 spiro atoms. The van der Waals surface area contributed by atoms with Gasteiger partial charge in [-0.25, -0.2) is 0 Å². The van der Waals surface area contributed by atoms with Crippen LogP contribution in [0.15, 0.2) is 72.9 Å². The third-order valence-corrected chi connectivity index (χ3v) is 10.2. The zero-order chi connectivity index (χ0) is 42.8. The summed E-state index contributed by atoms with van der Waals surface area (Å²) >= 11 is 0. The smallest absolute Gasteiger partial charge is 0.306 e. The molecule has 9 nitrogen and oxygen atoms in total. The lowest BCUT2D eigenvalue weighted by Crippen LogP contribution is -2.37. The first-order chi connectivity index (χ1) is 28.0. The highest BCUT2D eigenvalue weighted by Crippen LogP contribution is 2.38. The quantitative estimate of drug-likeness (QED) is 0.0197. The molecule has 0 aliphatic rings.